The second-order valence-corrected chi connectivity index (χ2v) is 7.49. The van der Waals surface area contributed by atoms with Crippen LogP contribution >= 0.6 is 23.2 Å². The Morgan fingerprint density at radius 1 is 1.07 bits per heavy atom. The van der Waals surface area contributed by atoms with Crippen molar-refractivity contribution in [2.24, 2.45) is 0 Å². The third-order valence-electron chi connectivity index (χ3n) is 4.48. The molecule has 1 atom stereocenters. The Balaban J connectivity index is 1.83. The molecule has 0 aliphatic rings. The molecule has 0 saturated heterocycles. The van der Waals surface area contributed by atoms with E-state index in [9.17, 15) is 14.4 Å². The summed E-state index contributed by atoms with van der Waals surface area (Å²) in [6.45, 7) is 2.03. The first kappa shape index (κ1) is 23.7. The minimum absolute atomic E-state index is 0.0165. The predicted octanol–water partition coefficient (Wildman–Crippen LogP) is 3.36. The largest absolute Gasteiger partial charge is 0.465 e. The van der Waals surface area contributed by atoms with Crippen molar-refractivity contribution < 1.29 is 19.1 Å². The molecule has 0 spiro atoms. The minimum atomic E-state index is -0.529. The number of carbonyl (C=O) groups is 3. The smallest absolute Gasteiger partial charge is 0.337 e. The van der Waals surface area contributed by atoms with Gasteiger partial charge in [0.25, 0.3) is 0 Å². The molecule has 2 aromatic rings. The van der Waals surface area contributed by atoms with Crippen molar-refractivity contribution in [2.45, 2.75) is 19.5 Å². The lowest BCUT2D eigenvalue weighted by atomic mass is 10.1. The highest BCUT2D eigenvalue weighted by Crippen LogP contribution is 2.24. The molecule has 0 aliphatic heterocycles. The van der Waals surface area contributed by atoms with Crippen molar-refractivity contribution in [3.8, 4) is 0 Å². The predicted molar refractivity (Wildman–Crippen MR) is 117 cm³/mol. The van der Waals surface area contributed by atoms with Gasteiger partial charge in [-0.15, -0.1) is 0 Å². The summed E-state index contributed by atoms with van der Waals surface area (Å²) < 4.78 is 4.65. The van der Waals surface area contributed by atoms with E-state index in [2.05, 4.69) is 15.4 Å². The van der Waals surface area contributed by atoms with Crippen molar-refractivity contribution in [3.63, 3.8) is 0 Å². The number of benzene rings is 2. The van der Waals surface area contributed by atoms with Crippen molar-refractivity contribution in [3.05, 3.63) is 63.6 Å². The van der Waals surface area contributed by atoms with Gasteiger partial charge in [-0.05, 0) is 49.9 Å². The third kappa shape index (κ3) is 6.73. The average molecular weight is 452 g/mol. The van der Waals surface area contributed by atoms with Crippen molar-refractivity contribution in [1.82, 2.24) is 10.2 Å². The summed E-state index contributed by atoms with van der Waals surface area (Å²) in [5.41, 5.74) is 1.80. The number of hydrogen-bond acceptors (Lipinski definition) is 5. The molecule has 9 heteroatoms. The maximum absolute atomic E-state index is 12.4. The van der Waals surface area contributed by atoms with E-state index in [-0.39, 0.29) is 18.4 Å². The summed E-state index contributed by atoms with van der Waals surface area (Å²) >= 11 is 11.8. The zero-order chi connectivity index (χ0) is 22.3. The highest BCUT2D eigenvalue weighted by atomic mass is 35.5. The first-order valence-electron chi connectivity index (χ1n) is 9.11. The standard InChI is InChI=1S/C21H23Cl2N3O4/c1-13(20(28)24-11-14-4-6-15(7-5-14)21(29)30-3)26(2)12-19(27)25-16-8-9-17(22)18(23)10-16/h4-10,13H,11-12H2,1-3H3,(H,24,28)(H,25,27). The Labute approximate surface area is 185 Å². The van der Waals surface area contributed by atoms with Crippen LogP contribution in [-0.2, 0) is 20.9 Å². The molecule has 2 amide bonds. The van der Waals surface area contributed by atoms with E-state index in [0.29, 0.717) is 27.8 Å². The number of nitrogens with one attached hydrogen (secondary N) is 2. The fourth-order valence-electron chi connectivity index (χ4n) is 2.55. The monoisotopic (exact) mass is 451 g/mol. The molecule has 0 radical (unpaired) electrons. The van der Waals surface area contributed by atoms with E-state index in [4.69, 9.17) is 23.2 Å². The number of likely N-dealkylation sites (N-methyl/N-ethyl adjacent to an activating group) is 1. The molecule has 2 N–H and O–H groups in total. The molecule has 0 aliphatic carbocycles. The van der Waals surface area contributed by atoms with Crippen LogP contribution in [0.15, 0.2) is 42.5 Å². The third-order valence-corrected chi connectivity index (χ3v) is 5.22. The molecular formula is C21H23Cl2N3O4. The summed E-state index contributed by atoms with van der Waals surface area (Å²) in [6, 6.07) is 11.0. The van der Waals surface area contributed by atoms with E-state index < -0.39 is 12.0 Å². The lowest BCUT2D eigenvalue weighted by Gasteiger charge is -2.23. The molecule has 1 unspecified atom stereocenters. The van der Waals surface area contributed by atoms with Gasteiger partial charge >= 0.3 is 5.97 Å². The molecule has 0 bridgehead atoms. The number of anilines is 1. The van der Waals surface area contributed by atoms with Gasteiger partial charge in [0.1, 0.15) is 0 Å². The van der Waals surface area contributed by atoms with Gasteiger partial charge in [0.2, 0.25) is 11.8 Å². The van der Waals surface area contributed by atoms with Crippen molar-refractivity contribution in [1.29, 1.82) is 0 Å². The Morgan fingerprint density at radius 3 is 2.33 bits per heavy atom. The number of ether oxygens (including phenoxy) is 1. The van der Waals surface area contributed by atoms with Crippen LogP contribution in [0.2, 0.25) is 10.0 Å². The first-order valence-corrected chi connectivity index (χ1v) is 9.87. The Morgan fingerprint density at radius 2 is 1.73 bits per heavy atom. The fourth-order valence-corrected chi connectivity index (χ4v) is 2.85. The van der Waals surface area contributed by atoms with Crippen molar-refractivity contribution in [2.75, 3.05) is 26.0 Å². The highest BCUT2D eigenvalue weighted by Gasteiger charge is 2.20. The minimum Gasteiger partial charge on any atom is -0.465 e. The Kier molecular flexibility index (Phi) is 8.65. The molecule has 0 fully saturated rings. The molecule has 0 saturated carbocycles. The maximum Gasteiger partial charge on any atom is 0.337 e. The first-order chi connectivity index (χ1) is 14.2. The van der Waals surface area contributed by atoms with Gasteiger partial charge in [-0.25, -0.2) is 4.79 Å². The van der Waals surface area contributed by atoms with E-state index >= 15 is 0 Å². The van der Waals surface area contributed by atoms with Crippen LogP contribution < -0.4 is 10.6 Å². The number of amides is 2. The van der Waals surface area contributed by atoms with Crippen LogP contribution in [0.1, 0.15) is 22.8 Å². The molecule has 30 heavy (non-hydrogen) atoms. The van der Waals surface area contributed by atoms with Gasteiger partial charge < -0.3 is 15.4 Å². The molecule has 0 aromatic heterocycles. The van der Waals surface area contributed by atoms with E-state index in [1.165, 1.54) is 7.11 Å². The number of methoxy groups -OCH3 is 1. The molecule has 0 heterocycles. The van der Waals surface area contributed by atoms with Crippen LogP contribution in [0.5, 0.6) is 0 Å². The average Bonchev–Trinajstić information content (AvgIpc) is 2.73. The highest BCUT2D eigenvalue weighted by molar-refractivity contribution is 6.42. The maximum atomic E-state index is 12.4. The molecule has 160 valence electrons. The number of carbonyl (C=O) groups excluding carboxylic acids is 3. The van der Waals surface area contributed by atoms with Crippen LogP contribution in [-0.4, -0.2) is 49.4 Å². The zero-order valence-corrected chi connectivity index (χ0v) is 18.4. The normalized spacial score (nSPS) is 11.7. The van der Waals surface area contributed by atoms with Crippen LogP contribution in [0.4, 0.5) is 5.69 Å². The van der Waals surface area contributed by atoms with Gasteiger partial charge in [0.15, 0.2) is 0 Å². The zero-order valence-electron chi connectivity index (χ0n) is 16.9. The fraction of sp³-hybridized carbons (Fsp3) is 0.286. The van der Waals surface area contributed by atoms with Crippen LogP contribution in [0.3, 0.4) is 0 Å². The van der Waals surface area contributed by atoms with E-state index in [0.717, 1.165) is 5.56 Å². The summed E-state index contributed by atoms with van der Waals surface area (Å²) in [6.07, 6.45) is 0. The quantitative estimate of drug-likeness (QED) is 0.600. The number of halogens is 2. The van der Waals surface area contributed by atoms with Gasteiger partial charge in [-0.2, -0.15) is 0 Å². The van der Waals surface area contributed by atoms with Crippen LogP contribution in [0.25, 0.3) is 0 Å². The second-order valence-electron chi connectivity index (χ2n) is 6.67. The summed E-state index contributed by atoms with van der Waals surface area (Å²) in [7, 11) is 3.00. The van der Waals surface area contributed by atoms with Crippen molar-refractivity contribution >= 4 is 46.7 Å². The molecule has 2 rings (SSSR count). The van der Waals surface area contributed by atoms with Gasteiger partial charge in [-0.1, -0.05) is 35.3 Å². The number of rotatable bonds is 8. The Hall–Kier alpha value is -2.61. The molecule has 7 nitrogen and oxygen atoms in total. The summed E-state index contributed by atoms with van der Waals surface area (Å²) in [5, 5.41) is 6.28. The number of nitrogens with zero attached hydrogens (tertiary/aromatic N) is 1. The Bertz CT molecular complexity index is 919. The summed E-state index contributed by atoms with van der Waals surface area (Å²) in [5.74, 6) is -0.925. The lowest BCUT2D eigenvalue weighted by Crippen LogP contribution is -2.45. The van der Waals surface area contributed by atoms with Gasteiger partial charge in [0.05, 0.1) is 35.3 Å². The number of esters is 1. The molecule has 2 aromatic carbocycles. The summed E-state index contributed by atoms with van der Waals surface area (Å²) in [4.78, 5) is 37.7. The topological polar surface area (TPSA) is 87.7 Å². The van der Waals surface area contributed by atoms with Gasteiger partial charge in [0, 0.05) is 12.2 Å². The SMILES string of the molecule is COC(=O)c1ccc(CNC(=O)C(C)N(C)CC(=O)Nc2ccc(Cl)c(Cl)c2)cc1. The number of hydrogen-bond donors (Lipinski definition) is 2. The lowest BCUT2D eigenvalue weighted by molar-refractivity contribution is -0.126. The van der Waals surface area contributed by atoms with Gasteiger partial charge in [-0.3, -0.25) is 14.5 Å². The van der Waals surface area contributed by atoms with E-state index in [1.54, 1.807) is 61.3 Å². The van der Waals surface area contributed by atoms with Crippen LogP contribution in [0, 0.1) is 0 Å². The molecular weight excluding hydrogens is 429 g/mol. The second kappa shape index (κ2) is 11.0. The van der Waals surface area contributed by atoms with E-state index in [1.807, 2.05) is 0 Å².